The molecule has 5 rings (SSSR count). The van der Waals surface area contributed by atoms with E-state index in [1.807, 2.05) is 17.9 Å². The van der Waals surface area contributed by atoms with E-state index in [1.54, 1.807) is 14.0 Å². The van der Waals surface area contributed by atoms with E-state index < -0.39 is 0 Å². The molecule has 4 heterocycles. The van der Waals surface area contributed by atoms with E-state index in [4.69, 9.17) is 9.26 Å². The SMILES string of the molecule is COc1ccc2c3c(n(C)c2c1)[C@@H](CO)N(C)CC31CCN(C(=O)Nc2c(C)noc2C)CC1. The molecule has 0 aliphatic carbocycles. The molecule has 2 aromatic heterocycles. The van der Waals surface area contributed by atoms with Crippen LogP contribution in [0.4, 0.5) is 10.5 Å². The Morgan fingerprint density at radius 1 is 1.29 bits per heavy atom. The molecule has 9 heteroatoms. The van der Waals surface area contributed by atoms with Gasteiger partial charge in [0.15, 0.2) is 5.76 Å². The molecule has 9 nitrogen and oxygen atoms in total. The summed E-state index contributed by atoms with van der Waals surface area (Å²) < 4.78 is 12.9. The van der Waals surface area contributed by atoms with Crippen LogP contribution in [0.15, 0.2) is 22.7 Å². The minimum atomic E-state index is -0.121. The van der Waals surface area contributed by atoms with Gasteiger partial charge in [-0.3, -0.25) is 4.90 Å². The van der Waals surface area contributed by atoms with Crippen LogP contribution in [0, 0.1) is 13.8 Å². The largest absolute Gasteiger partial charge is 0.497 e. The third-order valence-electron chi connectivity index (χ3n) is 7.83. The van der Waals surface area contributed by atoms with Crippen molar-refractivity contribution in [2.24, 2.45) is 7.05 Å². The first-order chi connectivity index (χ1) is 16.3. The Morgan fingerprint density at radius 2 is 2.03 bits per heavy atom. The lowest BCUT2D eigenvalue weighted by Gasteiger charge is -2.49. The van der Waals surface area contributed by atoms with Gasteiger partial charge in [0.25, 0.3) is 0 Å². The van der Waals surface area contributed by atoms with Crippen molar-refractivity contribution >= 4 is 22.6 Å². The third-order valence-corrected chi connectivity index (χ3v) is 7.83. The molecule has 0 saturated carbocycles. The number of nitrogens with zero attached hydrogens (tertiary/aromatic N) is 4. The van der Waals surface area contributed by atoms with E-state index in [0.717, 1.165) is 36.3 Å². The number of aryl methyl sites for hydroxylation is 3. The second-order valence-electron chi connectivity index (χ2n) is 9.71. The van der Waals surface area contributed by atoms with Gasteiger partial charge in [-0.2, -0.15) is 0 Å². The Kier molecular flexibility index (Phi) is 5.56. The summed E-state index contributed by atoms with van der Waals surface area (Å²) in [6, 6.07) is 6.04. The average molecular weight is 468 g/mol. The van der Waals surface area contributed by atoms with Gasteiger partial charge in [0.05, 0.1) is 25.3 Å². The number of hydrogen-bond acceptors (Lipinski definition) is 6. The number of nitrogens with one attached hydrogen (secondary N) is 1. The van der Waals surface area contributed by atoms with E-state index in [-0.39, 0.29) is 24.1 Å². The lowest BCUT2D eigenvalue weighted by atomic mass is 9.68. The molecule has 0 bridgehead atoms. The normalized spacial score (nSPS) is 20.1. The number of likely N-dealkylation sites (N-methyl/N-ethyl adjacent to an activating group) is 1. The number of rotatable bonds is 3. The summed E-state index contributed by atoms with van der Waals surface area (Å²) >= 11 is 0. The highest BCUT2D eigenvalue weighted by Crippen LogP contribution is 2.49. The molecule has 1 fully saturated rings. The number of benzene rings is 1. The fourth-order valence-corrected chi connectivity index (χ4v) is 6.00. The van der Waals surface area contributed by atoms with Gasteiger partial charge in [-0.25, -0.2) is 4.79 Å². The maximum atomic E-state index is 13.0. The van der Waals surface area contributed by atoms with Crippen molar-refractivity contribution in [1.29, 1.82) is 0 Å². The number of aromatic nitrogens is 2. The molecule has 34 heavy (non-hydrogen) atoms. The van der Waals surface area contributed by atoms with Gasteiger partial charge < -0.3 is 29.2 Å². The molecule has 1 spiro atoms. The number of methoxy groups -OCH3 is 1. The number of aliphatic hydroxyl groups excluding tert-OH is 1. The number of likely N-dealkylation sites (tertiary alicyclic amines) is 1. The predicted octanol–water partition coefficient (Wildman–Crippen LogP) is 3.34. The molecule has 3 aromatic rings. The molecule has 0 radical (unpaired) electrons. The summed E-state index contributed by atoms with van der Waals surface area (Å²) in [5.41, 5.74) is 4.82. The first-order valence-electron chi connectivity index (χ1n) is 11.8. The Balaban J connectivity index is 1.48. The minimum Gasteiger partial charge on any atom is -0.497 e. The van der Waals surface area contributed by atoms with Crippen molar-refractivity contribution in [3.8, 4) is 5.75 Å². The number of anilines is 1. The lowest BCUT2D eigenvalue weighted by molar-refractivity contribution is 0.0718. The van der Waals surface area contributed by atoms with Crippen LogP contribution in [0.1, 0.15) is 41.6 Å². The summed E-state index contributed by atoms with van der Waals surface area (Å²) in [7, 11) is 5.84. The number of aliphatic hydroxyl groups is 1. The summed E-state index contributed by atoms with van der Waals surface area (Å²) in [6.45, 7) is 5.83. The summed E-state index contributed by atoms with van der Waals surface area (Å²) in [6.07, 6.45) is 1.70. The van der Waals surface area contributed by atoms with Gasteiger partial charge in [-0.05, 0) is 51.4 Å². The number of ether oxygens (including phenoxy) is 1. The van der Waals surface area contributed by atoms with Gasteiger partial charge in [-0.1, -0.05) is 5.16 Å². The highest BCUT2D eigenvalue weighted by molar-refractivity contribution is 5.91. The van der Waals surface area contributed by atoms with E-state index >= 15 is 0 Å². The van der Waals surface area contributed by atoms with Crippen molar-refractivity contribution in [1.82, 2.24) is 19.5 Å². The molecule has 0 unspecified atom stereocenters. The molecule has 2 amide bonds. The number of piperidine rings is 1. The topological polar surface area (TPSA) is 96.0 Å². The quantitative estimate of drug-likeness (QED) is 0.613. The van der Waals surface area contributed by atoms with Gasteiger partial charge in [-0.15, -0.1) is 0 Å². The zero-order valence-corrected chi connectivity index (χ0v) is 20.5. The van der Waals surface area contributed by atoms with E-state index in [2.05, 4.69) is 46.2 Å². The monoisotopic (exact) mass is 467 g/mol. The van der Waals surface area contributed by atoms with Crippen molar-refractivity contribution < 1.29 is 19.2 Å². The second-order valence-corrected chi connectivity index (χ2v) is 9.71. The zero-order valence-electron chi connectivity index (χ0n) is 20.5. The van der Waals surface area contributed by atoms with Crippen LogP contribution in [0.25, 0.3) is 10.9 Å². The molecule has 1 aromatic carbocycles. The highest BCUT2D eigenvalue weighted by Gasteiger charge is 2.47. The number of amides is 2. The lowest BCUT2D eigenvalue weighted by Crippen LogP contribution is -2.54. The number of carbonyl (C=O) groups is 1. The van der Waals surface area contributed by atoms with Crippen molar-refractivity contribution in [2.75, 3.05) is 45.7 Å². The number of carbonyl (C=O) groups excluding carboxylic acids is 1. The fourth-order valence-electron chi connectivity index (χ4n) is 6.00. The Bertz CT molecular complexity index is 1220. The van der Waals surface area contributed by atoms with Crippen LogP contribution in [-0.2, 0) is 12.5 Å². The van der Waals surface area contributed by atoms with Crippen LogP contribution in [0.2, 0.25) is 0 Å². The van der Waals surface area contributed by atoms with E-state index in [9.17, 15) is 9.90 Å². The number of fused-ring (bicyclic) bond motifs is 4. The van der Waals surface area contributed by atoms with Gasteiger partial charge in [0, 0.05) is 49.2 Å². The van der Waals surface area contributed by atoms with Crippen LogP contribution in [0.3, 0.4) is 0 Å². The Labute approximate surface area is 199 Å². The van der Waals surface area contributed by atoms with Crippen molar-refractivity contribution in [3.05, 3.63) is 40.9 Å². The molecular weight excluding hydrogens is 434 g/mol. The first-order valence-corrected chi connectivity index (χ1v) is 11.8. The molecule has 1 atom stereocenters. The third kappa shape index (κ3) is 3.37. The zero-order chi connectivity index (χ0) is 24.2. The molecule has 2 aliphatic rings. The smallest absolute Gasteiger partial charge is 0.321 e. The average Bonchev–Trinajstić information content (AvgIpc) is 3.31. The predicted molar refractivity (Wildman–Crippen MR) is 129 cm³/mol. The molecule has 1 saturated heterocycles. The molecule has 2 aliphatic heterocycles. The van der Waals surface area contributed by atoms with Crippen LogP contribution in [0.5, 0.6) is 5.75 Å². The minimum absolute atomic E-state index is 0.0623. The highest BCUT2D eigenvalue weighted by atomic mass is 16.5. The van der Waals surface area contributed by atoms with Gasteiger partial charge in [0.1, 0.15) is 17.1 Å². The maximum Gasteiger partial charge on any atom is 0.321 e. The molecular formula is C25H33N5O4. The van der Waals surface area contributed by atoms with Crippen molar-refractivity contribution in [2.45, 2.75) is 38.1 Å². The van der Waals surface area contributed by atoms with Gasteiger partial charge in [0.2, 0.25) is 0 Å². The van der Waals surface area contributed by atoms with E-state index in [0.29, 0.717) is 30.2 Å². The molecule has 182 valence electrons. The fraction of sp³-hybridized carbons (Fsp3) is 0.520. The molecule has 2 N–H and O–H groups in total. The maximum absolute atomic E-state index is 13.0. The van der Waals surface area contributed by atoms with E-state index in [1.165, 1.54) is 10.9 Å². The van der Waals surface area contributed by atoms with Gasteiger partial charge >= 0.3 is 6.03 Å². The van der Waals surface area contributed by atoms with Crippen molar-refractivity contribution in [3.63, 3.8) is 0 Å². The summed E-state index contributed by atoms with van der Waals surface area (Å²) in [5.74, 6) is 1.43. The number of hydrogen-bond donors (Lipinski definition) is 2. The Hall–Kier alpha value is -3.04. The van der Waals surface area contributed by atoms with Crippen LogP contribution >= 0.6 is 0 Å². The van der Waals surface area contributed by atoms with Crippen LogP contribution < -0.4 is 10.1 Å². The Morgan fingerprint density at radius 3 is 2.65 bits per heavy atom. The second kappa shape index (κ2) is 8.32. The number of urea groups is 1. The first kappa shape index (κ1) is 22.7. The summed E-state index contributed by atoms with van der Waals surface area (Å²) in [4.78, 5) is 17.2. The van der Waals surface area contributed by atoms with Crippen LogP contribution in [-0.4, -0.2) is 71.1 Å². The summed E-state index contributed by atoms with van der Waals surface area (Å²) in [5, 5.41) is 18.4. The standard InChI is InChI=1S/C25H33N5O4/c1-15-22(16(2)34-27-15)26-24(32)30-10-8-25(9-11-30)14-28(3)20(13-31)23-21(25)18-7-6-17(33-5)12-19(18)29(23)4/h6-7,12,20,31H,8-11,13-14H2,1-5H3,(H,26,32)/t20-/m1/s1.